The first-order chi connectivity index (χ1) is 12.9. The number of aryl methyl sites for hydroxylation is 1. The number of guanidine groups is 1. The smallest absolute Gasteiger partial charge is 0.337 e. The number of carbonyl (C=O) groups is 1. The van der Waals surface area contributed by atoms with Crippen molar-refractivity contribution in [3.8, 4) is 0 Å². The predicted octanol–water partition coefficient (Wildman–Crippen LogP) is 2.96. The molecular formula is C20H28IN3O4. The van der Waals surface area contributed by atoms with Crippen LogP contribution in [-0.2, 0) is 16.9 Å². The summed E-state index contributed by atoms with van der Waals surface area (Å²) in [5.74, 6) is 1.47. The minimum atomic E-state index is -1.16. The second kappa shape index (κ2) is 11.1. The Morgan fingerprint density at radius 3 is 2.43 bits per heavy atom. The summed E-state index contributed by atoms with van der Waals surface area (Å²) in [6.45, 7) is 6.86. The van der Waals surface area contributed by atoms with Crippen molar-refractivity contribution in [2.45, 2.75) is 32.9 Å². The molecule has 0 spiro atoms. The Labute approximate surface area is 182 Å². The number of nitrogens with zero attached hydrogens (tertiary/aromatic N) is 1. The fourth-order valence-electron chi connectivity index (χ4n) is 2.44. The highest BCUT2D eigenvalue weighted by atomic mass is 127. The molecule has 0 aliphatic heterocycles. The zero-order valence-corrected chi connectivity index (χ0v) is 18.9. The molecule has 0 saturated heterocycles. The Morgan fingerprint density at radius 2 is 1.89 bits per heavy atom. The van der Waals surface area contributed by atoms with Gasteiger partial charge >= 0.3 is 5.97 Å². The Kier molecular flexibility index (Phi) is 9.47. The second-order valence-electron chi connectivity index (χ2n) is 6.42. The fraction of sp³-hybridized carbons (Fsp3) is 0.400. The van der Waals surface area contributed by atoms with Crippen LogP contribution in [-0.4, -0.2) is 37.2 Å². The van der Waals surface area contributed by atoms with Crippen LogP contribution in [0.25, 0.3) is 0 Å². The van der Waals surface area contributed by atoms with Gasteiger partial charge in [-0.2, -0.15) is 0 Å². The van der Waals surface area contributed by atoms with E-state index in [-0.39, 0.29) is 36.5 Å². The van der Waals surface area contributed by atoms with Crippen LogP contribution >= 0.6 is 24.0 Å². The van der Waals surface area contributed by atoms with Crippen LogP contribution in [0.1, 0.15) is 41.3 Å². The van der Waals surface area contributed by atoms with Crippen molar-refractivity contribution in [2.75, 3.05) is 20.2 Å². The van der Waals surface area contributed by atoms with Gasteiger partial charge in [0, 0.05) is 6.54 Å². The van der Waals surface area contributed by atoms with E-state index in [4.69, 9.17) is 9.15 Å². The summed E-state index contributed by atoms with van der Waals surface area (Å²) in [7, 11) is 1.36. The molecule has 1 aromatic carbocycles. The number of hydrogen-bond donors (Lipinski definition) is 3. The standard InChI is InChI=1S/C20H27N3O4.HI/c1-5-21-19(23-13-20(3,25)17-11-6-14(2)27-17)22-12-15-7-9-16(10-8-15)18(24)26-4;/h6-11,25H,5,12-13H2,1-4H3,(H2,21,22,23);1H. The lowest BCUT2D eigenvalue weighted by atomic mass is 10.0. The number of hydrogen-bond acceptors (Lipinski definition) is 5. The van der Waals surface area contributed by atoms with E-state index in [0.29, 0.717) is 30.4 Å². The van der Waals surface area contributed by atoms with Crippen LogP contribution in [0.3, 0.4) is 0 Å². The number of carbonyl (C=O) groups excluding carboxylic acids is 1. The quantitative estimate of drug-likeness (QED) is 0.234. The van der Waals surface area contributed by atoms with E-state index in [2.05, 4.69) is 15.6 Å². The zero-order chi connectivity index (χ0) is 19.9. The van der Waals surface area contributed by atoms with Crippen LogP contribution in [0.5, 0.6) is 0 Å². The Hall–Kier alpha value is -2.07. The van der Waals surface area contributed by atoms with Crippen molar-refractivity contribution in [3.63, 3.8) is 0 Å². The first-order valence-electron chi connectivity index (χ1n) is 8.84. The maximum atomic E-state index is 11.5. The monoisotopic (exact) mass is 501 g/mol. The maximum absolute atomic E-state index is 11.5. The number of rotatable bonds is 7. The number of aliphatic hydroxyl groups is 1. The van der Waals surface area contributed by atoms with Crippen LogP contribution in [0.4, 0.5) is 0 Å². The summed E-state index contributed by atoms with van der Waals surface area (Å²) in [5, 5.41) is 16.9. The molecule has 0 amide bonds. The minimum absolute atomic E-state index is 0. The Balaban J connectivity index is 0.00000392. The molecule has 0 aliphatic carbocycles. The lowest BCUT2D eigenvalue weighted by Crippen LogP contribution is -2.44. The number of methoxy groups -OCH3 is 1. The fourth-order valence-corrected chi connectivity index (χ4v) is 2.44. The molecule has 8 heteroatoms. The van der Waals surface area contributed by atoms with Crippen molar-refractivity contribution in [2.24, 2.45) is 4.99 Å². The summed E-state index contributed by atoms with van der Waals surface area (Å²) < 4.78 is 10.2. The van der Waals surface area contributed by atoms with E-state index in [9.17, 15) is 9.90 Å². The van der Waals surface area contributed by atoms with Gasteiger partial charge in [-0.05, 0) is 50.6 Å². The van der Waals surface area contributed by atoms with E-state index in [1.807, 2.05) is 32.0 Å². The third kappa shape index (κ3) is 6.83. The molecule has 2 rings (SSSR count). The van der Waals surface area contributed by atoms with Gasteiger partial charge in [-0.15, -0.1) is 24.0 Å². The third-order valence-corrected chi connectivity index (χ3v) is 4.01. The second-order valence-corrected chi connectivity index (χ2v) is 6.42. The molecule has 1 aromatic heterocycles. The van der Waals surface area contributed by atoms with Gasteiger partial charge in [-0.1, -0.05) is 12.1 Å². The number of furan rings is 1. The molecule has 3 N–H and O–H groups in total. The molecule has 28 heavy (non-hydrogen) atoms. The third-order valence-electron chi connectivity index (χ3n) is 4.01. The van der Waals surface area contributed by atoms with Crippen molar-refractivity contribution < 1.29 is 19.1 Å². The van der Waals surface area contributed by atoms with Crippen LogP contribution in [0, 0.1) is 6.92 Å². The van der Waals surface area contributed by atoms with Gasteiger partial charge in [0.25, 0.3) is 0 Å². The maximum Gasteiger partial charge on any atom is 0.337 e. The Morgan fingerprint density at radius 1 is 1.21 bits per heavy atom. The molecule has 0 saturated carbocycles. The largest absolute Gasteiger partial charge is 0.465 e. The summed E-state index contributed by atoms with van der Waals surface area (Å²) in [4.78, 5) is 16.0. The zero-order valence-electron chi connectivity index (χ0n) is 16.6. The molecule has 0 radical (unpaired) electrons. The Bertz CT molecular complexity index is 785. The highest BCUT2D eigenvalue weighted by molar-refractivity contribution is 14.0. The van der Waals surface area contributed by atoms with Gasteiger partial charge in [-0.25, -0.2) is 9.79 Å². The van der Waals surface area contributed by atoms with E-state index < -0.39 is 5.60 Å². The van der Waals surface area contributed by atoms with Gasteiger partial charge < -0.3 is 24.9 Å². The predicted molar refractivity (Wildman–Crippen MR) is 119 cm³/mol. The summed E-state index contributed by atoms with van der Waals surface area (Å²) in [6, 6.07) is 10.7. The van der Waals surface area contributed by atoms with E-state index in [0.717, 1.165) is 11.3 Å². The van der Waals surface area contributed by atoms with Gasteiger partial charge in [0.05, 0.1) is 25.8 Å². The highest BCUT2D eigenvalue weighted by Crippen LogP contribution is 2.21. The molecule has 154 valence electrons. The van der Waals surface area contributed by atoms with Gasteiger partial charge in [0.2, 0.25) is 0 Å². The minimum Gasteiger partial charge on any atom is -0.465 e. The molecule has 1 heterocycles. The average Bonchev–Trinajstić information content (AvgIpc) is 3.11. The van der Waals surface area contributed by atoms with Gasteiger partial charge in [0.1, 0.15) is 17.1 Å². The lowest BCUT2D eigenvalue weighted by molar-refractivity contribution is 0.0378. The van der Waals surface area contributed by atoms with Crippen molar-refractivity contribution >= 4 is 35.9 Å². The molecule has 2 aromatic rings. The first-order valence-corrected chi connectivity index (χ1v) is 8.84. The van der Waals surface area contributed by atoms with Crippen LogP contribution in [0.15, 0.2) is 45.8 Å². The topological polar surface area (TPSA) is 96.1 Å². The SMILES string of the molecule is CCNC(=NCc1ccc(C(=O)OC)cc1)NCC(C)(O)c1ccc(C)o1.I. The van der Waals surface area contributed by atoms with E-state index >= 15 is 0 Å². The molecule has 0 bridgehead atoms. The van der Waals surface area contributed by atoms with E-state index in [1.165, 1.54) is 7.11 Å². The first kappa shape index (κ1) is 24.0. The van der Waals surface area contributed by atoms with Crippen LogP contribution < -0.4 is 10.6 Å². The summed E-state index contributed by atoms with van der Waals surface area (Å²) in [6.07, 6.45) is 0. The summed E-state index contributed by atoms with van der Waals surface area (Å²) in [5.41, 5.74) is 0.292. The highest BCUT2D eigenvalue weighted by Gasteiger charge is 2.27. The number of esters is 1. The molecular weight excluding hydrogens is 473 g/mol. The number of nitrogens with one attached hydrogen (secondary N) is 2. The van der Waals surface area contributed by atoms with E-state index in [1.54, 1.807) is 25.1 Å². The molecule has 1 unspecified atom stereocenters. The molecule has 0 fully saturated rings. The number of benzene rings is 1. The van der Waals surface area contributed by atoms with Gasteiger partial charge in [0.15, 0.2) is 5.96 Å². The lowest BCUT2D eigenvalue weighted by Gasteiger charge is -2.22. The number of ether oxygens (including phenoxy) is 1. The average molecular weight is 501 g/mol. The number of aliphatic imine (C=N–C) groups is 1. The summed E-state index contributed by atoms with van der Waals surface area (Å²) >= 11 is 0. The van der Waals surface area contributed by atoms with Crippen LogP contribution in [0.2, 0.25) is 0 Å². The molecule has 1 atom stereocenters. The normalized spacial score (nSPS) is 13.2. The molecule has 0 aliphatic rings. The van der Waals surface area contributed by atoms with Crippen molar-refractivity contribution in [1.29, 1.82) is 0 Å². The van der Waals surface area contributed by atoms with Gasteiger partial charge in [-0.3, -0.25) is 0 Å². The number of halogens is 1. The van der Waals surface area contributed by atoms with Crippen molar-refractivity contribution in [1.82, 2.24) is 10.6 Å². The molecule has 7 nitrogen and oxygen atoms in total. The van der Waals surface area contributed by atoms with Crippen molar-refractivity contribution in [3.05, 3.63) is 59.0 Å².